The molecule has 0 radical (unpaired) electrons. The molecule has 20 heavy (non-hydrogen) atoms. The Bertz CT molecular complexity index is 511. The molecule has 1 N–H and O–H groups in total. The summed E-state index contributed by atoms with van der Waals surface area (Å²) in [4.78, 5) is 14.1. The van der Waals surface area contributed by atoms with Crippen molar-refractivity contribution >= 4 is 17.5 Å². The normalized spacial score (nSPS) is 15.5. The third kappa shape index (κ3) is 3.57. The first kappa shape index (κ1) is 15.0. The van der Waals surface area contributed by atoms with Crippen molar-refractivity contribution in [2.45, 2.75) is 38.0 Å². The Balaban J connectivity index is 2.00. The highest BCUT2D eigenvalue weighted by atomic mass is 32.2. The number of nitrogens with one attached hydrogen (secondary N) is 1. The second-order valence-corrected chi connectivity index (χ2v) is 5.78. The number of fused-ring (bicyclic) bond motifs is 1. The van der Waals surface area contributed by atoms with Crippen LogP contribution in [-0.4, -0.2) is 18.9 Å². The number of thioether (sulfide) groups is 1. The number of benzene rings is 1. The van der Waals surface area contributed by atoms with Crippen LogP contribution in [0.2, 0.25) is 0 Å². The Morgan fingerprint density at radius 2 is 2.15 bits per heavy atom. The van der Waals surface area contributed by atoms with Gasteiger partial charge in [0, 0.05) is 23.2 Å². The van der Waals surface area contributed by atoms with Gasteiger partial charge in [0.25, 0.3) is 0 Å². The van der Waals surface area contributed by atoms with Gasteiger partial charge in [0.1, 0.15) is 5.75 Å². The lowest BCUT2D eigenvalue weighted by atomic mass is 10.1. The van der Waals surface area contributed by atoms with E-state index in [1.54, 1.807) is 0 Å². The van der Waals surface area contributed by atoms with Gasteiger partial charge in [-0.05, 0) is 31.5 Å². The predicted molar refractivity (Wildman–Crippen MR) is 83.4 cm³/mol. The number of unbranched alkanes of at least 4 members (excludes halogenated alkanes) is 2. The fraction of sp³-hybridized carbons (Fsp3) is 0.438. The van der Waals surface area contributed by atoms with Crippen LogP contribution in [0, 0.1) is 0 Å². The molecule has 1 aromatic rings. The van der Waals surface area contributed by atoms with Crippen molar-refractivity contribution in [3.63, 3.8) is 0 Å². The van der Waals surface area contributed by atoms with Crippen molar-refractivity contribution in [1.29, 1.82) is 0 Å². The molecule has 1 heterocycles. The van der Waals surface area contributed by atoms with Crippen molar-refractivity contribution in [3.05, 3.63) is 34.9 Å². The van der Waals surface area contributed by atoms with E-state index in [1.807, 2.05) is 31.3 Å². The highest BCUT2D eigenvalue weighted by Crippen LogP contribution is 2.40. The van der Waals surface area contributed by atoms with Crippen LogP contribution in [0.1, 0.15) is 43.5 Å². The van der Waals surface area contributed by atoms with Crippen molar-refractivity contribution < 1.29 is 9.53 Å². The number of carbonyl (C=O) groups is 1. The first-order valence-corrected chi connectivity index (χ1v) is 8.00. The van der Waals surface area contributed by atoms with Gasteiger partial charge >= 0.3 is 0 Å². The van der Waals surface area contributed by atoms with Crippen LogP contribution in [0.5, 0.6) is 5.75 Å². The standard InChI is InChI=1S/C16H21NO2S/c1-3-5-6-9-17-11-15-16(18)13-10-12(19-4-2)7-8-14(13)20-15/h7-8,10-11,17H,3-6,9H2,1-2H3/b15-11-. The quantitative estimate of drug-likeness (QED) is 0.609. The average Bonchev–Trinajstić information content (AvgIpc) is 2.76. The van der Waals surface area contributed by atoms with E-state index in [0.717, 1.165) is 34.1 Å². The van der Waals surface area contributed by atoms with Crippen LogP contribution < -0.4 is 10.1 Å². The molecule has 0 bridgehead atoms. The van der Waals surface area contributed by atoms with Crippen LogP contribution in [0.3, 0.4) is 0 Å². The molecule has 108 valence electrons. The van der Waals surface area contributed by atoms with Gasteiger partial charge in [-0.2, -0.15) is 0 Å². The molecule has 3 nitrogen and oxygen atoms in total. The summed E-state index contributed by atoms with van der Waals surface area (Å²) < 4.78 is 5.44. The third-order valence-corrected chi connectivity index (χ3v) is 4.21. The number of carbonyl (C=O) groups excluding carboxylic acids is 1. The summed E-state index contributed by atoms with van der Waals surface area (Å²) in [6, 6.07) is 5.72. The lowest BCUT2D eigenvalue weighted by Gasteiger charge is -2.03. The molecule has 0 saturated carbocycles. The lowest BCUT2D eigenvalue weighted by molar-refractivity contribution is 0.104. The highest BCUT2D eigenvalue weighted by molar-refractivity contribution is 8.04. The van der Waals surface area contributed by atoms with Crippen molar-refractivity contribution in [2.24, 2.45) is 0 Å². The summed E-state index contributed by atoms with van der Waals surface area (Å²) in [7, 11) is 0. The predicted octanol–water partition coefficient (Wildman–Crippen LogP) is 3.99. The number of ketones is 1. The van der Waals surface area contributed by atoms with E-state index in [1.165, 1.54) is 24.6 Å². The first-order chi connectivity index (χ1) is 9.76. The summed E-state index contributed by atoms with van der Waals surface area (Å²) in [6.45, 7) is 5.66. The molecule has 1 aliphatic rings. The average molecular weight is 291 g/mol. The van der Waals surface area contributed by atoms with Crippen molar-refractivity contribution in [3.8, 4) is 5.75 Å². The molecule has 0 atom stereocenters. The summed E-state index contributed by atoms with van der Waals surface area (Å²) in [5, 5.41) is 3.23. The number of hydrogen-bond donors (Lipinski definition) is 1. The number of allylic oxidation sites excluding steroid dienone is 1. The number of hydrogen-bond acceptors (Lipinski definition) is 4. The monoisotopic (exact) mass is 291 g/mol. The zero-order chi connectivity index (χ0) is 14.4. The third-order valence-electron chi connectivity index (χ3n) is 3.11. The molecule has 0 spiro atoms. The molecule has 0 saturated heterocycles. The maximum Gasteiger partial charge on any atom is 0.202 e. The highest BCUT2D eigenvalue weighted by Gasteiger charge is 2.26. The molecule has 4 heteroatoms. The van der Waals surface area contributed by atoms with Crippen LogP contribution >= 0.6 is 11.8 Å². The molecule has 0 fully saturated rings. The van der Waals surface area contributed by atoms with Gasteiger partial charge in [-0.25, -0.2) is 0 Å². The minimum absolute atomic E-state index is 0.0922. The van der Waals surface area contributed by atoms with Crippen LogP contribution in [-0.2, 0) is 0 Å². The van der Waals surface area contributed by atoms with Crippen LogP contribution in [0.4, 0.5) is 0 Å². The topological polar surface area (TPSA) is 38.3 Å². The largest absolute Gasteiger partial charge is 0.494 e. The van der Waals surface area contributed by atoms with Crippen molar-refractivity contribution in [2.75, 3.05) is 13.2 Å². The summed E-state index contributed by atoms with van der Waals surface area (Å²) in [5.41, 5.74) is 0.752. The maximum absolute atomic E-state index is 12.3. The fourth-order valence-electron chi connectivity index (χ4n) is 2.07. The fourth-order valence-corrected chi connectivity index (χ4v) is 3.05. The number of rotatable bonds is 7. The van der Waals surface area contributed by atoms with E-state index < -0.39 is 0 Å². The Kier molecular flexibility index (Phi) is 5.53. The summed E-state index contributed by atoms with van der Waals surface area (Å²) in [6.07, 6.45) is 5.41. The second-order valence-electron chi connectivity index (χ2n) is 4.69. The zero-order valence-corrected chi connectivity index (χ0v) is 12.9. The van der Waals surface area contributed by atoms with Gasteiger partial charge in [0.05, 0.1) is 11.5 Å². The number of ether oxygens (including phenoxy) is 1. The van der Waals surface area contributed by atoms with E-state index in [-0.39, 0.29) is 5.78 Å². The molecule has 0 aromatic heterocycles. The van der Waals surface area contributed by atoms with E-state index in [2.05, 4.69) is 12.2 Å². The van der Waals surface area contributed by atoms with Gasteiger partial charge in [-0.15, -0.1) is 0 Å². The van der Waals surface area contributed by atoms with E-state index >= 15 is 0 Å². The lowest BCUT2D eigenvalue weighted by Crippen LogP contribution is -2.09. The van der Waals surface area contributed by atoms with Gasteiger partial charge < -0.3 is 10.1 Å². The molecule has 2 rings (SSSR count). The Labute approximate surface area is 124 Å². The molecular formula is C16H21NO2S. The SMILES string of the molecule is CCCCCN/C=C1\Sc2ccc(OCC)cc2C1=O. The second kappa shape index (κ2) is 7.39. The molecule has 1 aromatic carbocycles. The molecule has 0 aliphatic carbocycles. The minimum atomic E-state index is 0.0922. The molecule has 0 unspecified atom stereocenters. The maximum atomic E-state index is 12.3. The van der Waals surface area contributed by atoms with Crippen LogP contribution in [0.15, 0.2) is 34.2 Å². The molecule has 0 amide bonds. The van der Waals surface area contributed by atoms with Crippen LogP contribution in [0.25, 0.3) is 0 Å². The zero-order valence-electron chi connectivity index (χ0n) is 12.1. The first-order valence-electron chi connectivity index (χ1n) is 7.19. The Morgan fingerprint density at radius 3 is 2.90 bits per heavy atom. The van der Waals surface area contributed by atoms with Gasteiger partial charge in [0.15, 0.2) is 0 Å². The summed E-state index contributed by atoms with van der Waals surface area (Å²) in [5.74, 6) is 0.854. The van der Waals surface area contributed by atoms with E-state index in [9.17, 15) is 4.79 Å². The van der Waals surface area contributed by atoms with Gasteiger partial charge in [-0.3, -0.25) is 4.79 Å². The summed E-state index contributed by atoms with van der Waals surface area (Å²) >= 11 is 1.53. The van der Waals surface area contributed by atoms with Gasteiger partial charge in [-0.1, -0.05) is 31.5 Å². The number of Topliss-reactive ketones (excluding diaryl/α,β-unsaturated/α-hetero) is 1. The van der Waals surface area contributed by atoms with E-state index in [4.69, 9.17) is 4.74 Å². The smallest absolute Gasteiger partial charge is 0.202 e. The van der Waals surface area contributed by atoms with E-state index in [0.29, 0.717) is 6.61 Å². The molecular weight excluding hydrogens is 270 g/mol. The Hall–Kier alpha value is -1.42. The molecule has 1 aliphatic heterocycles. The minimum Gasteiger partial charge on any atom is -0.494 e. The van der Waals surface area contributed by atoms with Gasteiger partial charge in [0.2, 0.25) is 5.78 Å². The Morgan fingerprint density at radius 1 is 1.30 bits per heavy atom. The van der Waals surface area contributed by atoms with Crippen molar-refractivity contribution in [1.82, 2.24) is 5.32 Å².